The van der Waals surface area contributed by atoms with E-state index in [4.69, 9.17) is 5.73 Å². The van der Waals surface area contributed by atoms with Crippen LogP contribution < -0.4 is 11.1 Å². The van der Waals surface area contributed by atoms with Crippen LogP contribution in [0.4, 0.5) is 0 Å². The summed E-state index contributed by atoms with van der Waals surface area (Å²) in [5.41, 5.74) is 4.78. The molecule has 0 fully saturated rings. The normalized spacial score (nSPS) is 21.1. The van der Waals surface area contributed by atoms with Gasteiger partial charge >= 0.3 is 0 Å². The minimum absolute atomic E-state index is 0.288. The maximum atomic E-state index is 11.1. The van der Waals surface area contributed by atoms with Gasteiger partial charge in [0.2, 0.25) is 5.91 Å². The third-order valence-corrected chi connectivity index (χ3v) is 4.26. The van der Waals surface area contributed by atoms with Gasteiger partial charge < -0.3 is 11.1 Å². The van der Waals surface area contributed by atoms with Gasteiger partial charge in [0.05, 0.1) is 12.0 Å². The molecule has 0 aromatic heterocycles. The number of aliphatic imine (C=N–C) groups is 1. The Morgan fingerprint density at radius 1 is 1.69 bits per heavy atom. The van der Waals surface area contributed by atoms with E-state index in [1.165, 1.54) is 0 Å². The number of hydrogen-bond donors (Lipinski definition) is 2. The van der Waals surface area contributed by atoms with Crippen molar-refractivity contribution in [2.24, 2.45) is 22.1 Å². The van der Waals surface area contributed by atoms with Gasteiger partial charge in [-0.2, -0.15) is 0 Å². The second kappa shape index (κ2) is 5.08. The Bertz CT molecular complexity index is 300. The van der Waals surface area contributed by atoms with E-state index in [9.17, 15) is 4.79 Å². The molecule has 0 bridgehead atoms. The summed E-state index contributed by atoms with van der Waals surface area (Å²) in [5, 5.41) is 4.69. The summed E-state index contributed by atoms with van der Waals surface area (Å²) in [6.45, 7) is 9.47. The van der Waals surface area contributed by atoms with Gasteiger partial charge in [-0.05, 0) is 19.8 Å². The first kappa shape index (κ1) is 13.4. The lowest BCUT2D eigenvalue weighted by Gasteiger charge is -2.21. The zero-order valence-electron chi connectivity index (χ0n) is 10.4. The summed E-state index contributed by atoms with van der Waals surface area (Å²) < 4.78 is 0. The average molecular weight is 243 g/mol. The third kappa shape index (κ3) is 3.40. The number of amides is 1. The van der Waals surface area contributed by atoms with Gasteiger partial charge in [0, 0.05) is 11.8 Å². The molecule has 1 aliphatic heterocycles. The third-order valence-electron chi connectivity index (χ3n) is 2.77. The monoisotopic (exact) mass is 243 g/mol. The second-order valence-electron chi connectivity index (χ2n) is 5.15. The largest absolute Gasteiger partial charge is 0.369 e. The van der Waals surface area contributed by atoms with Crippen LogP contribution in [-0.2, 0) is 4.79 Å². The van der Waals surface area contributed by atoms with Crippen LogP contribution in [0.25, 0.3) is 0 Å². The predicted octanol–water partition coefficient (Wildman–Crippen LogP) is 1.21. The summed E-state index contributed by atoms with van der Waals surface area (Å²) in [4.78, 5) is 15.6. The van der Waals surface area contributed by atoms with Crippen molar-refractivity contribution in [2.45, 2.75) is 32.9 Å². The first-order chi connectivity index (χ1) is 7.33. The molecule has 1 heterocycles. The summed E-state index contributed by atoms with van der Waals surface area (Å²) in [6, 6.07) is 0. The molecule has 1 aliphatic rings. The lowest BCUT2D eigenvalue weighted by molar-refractivity contribution is -0.125. The highest BCUT2D eigenvalue weighted by molar-refractivity contribution is 8.14. The smallest absolute Gasteiger partial charge is 0.224 e. The number of carbonyl (C=O) groups excluding carboxylic acids is 1. The van der Waals surface area contributed by atoms with Gasteiger partial charge in [0.15, 0.2) is 5.17 Å². The van der Waals surface area contributed by atoms with Crippen LogP contribution in [0, 0.1) is 11.3 Å². The zero-order chi connectivity index (χ0) is 12.3. The number of nitrogens with one attached hydrogen (secondary N) is 1. The van der Waals surface area contributed by atoms with Crippen molar-refractivity contribution in [1.29, 1.82) is 0 Å². The number of nitrogens with two attached hydrogens (primary N) is 1. The summed E-state index contributed by atoms with van der Waals surface area (Å²) in [7, 11) is 0. The Balaban J connectivity index is 2.39. The number of rotatable bonds is 4. The van der Waals surface area contributed by atoms with Crippen molar-refractivity contribution < 1.29 is 4.79 Å². The Morgan fingerprint density at radius 2 is 2.31 bits per heavy atom. The van der Waals surface area contributed by atoms with E-state index in [-0.39, 0.29) is 5.91 Å². The van der Waals surface area contributed by atoms with Crippen molar-refractivity contribution >= 4 is 22.8 Å². The van der Waals surface area contributed by atoms with Crippen LogP contribution in [0.15, 0.2) is 4.99 Å². The second-order valence-corrected chi connectivity index (χ2v) is 6.38. The highest BCUT2D eigenvalue weighted by Crippen LogP contribution is 2.26. The molecule has 0 saturated heterocycles. The molecule has 1 atom stereocenters. The van der Waals surface area contributed by atoms with E-state index >= 15 is 0 Å². The summed E-state index contributed by atoms with van der Waals surface area (Å²) in [6.07, 6.45) is 0. The number of amidine groups is 1. The summed E-state index contributed by atoms with van der Waals surface area (Å²) in [5.74, 6) is 0.334. The van der Waals surface area contributed by atoms with E-state index in [0.717, 1.165) is 11.7 Å². The molecule has 0 radical (unpaired) electrons. The van der Waals surface area contributed by atoms with Crippen LogP contribution in [-0.4, -0.2) is 29.4 Å². The quantitative estimate of drug-likeness (QED) is 0.780. The summed E-state index contributed by atoms with van der Waals surface area (Å²) >= 11 is 1.76. The average Bonchev–Trinajstić information content (AvgIpc) is 2.63. The molecule has 3 N–H and O–H groups in total. The van der Waals surface area contributed by atoms with E-state index in [2.05, 4.69) is 24.2 Å². The molecule has 92 valence electrons. The first-order valence-corrected chi connectivity index (χ1v) is 6.46. The van der Waals surface area contributed by atoms with Gasteiger partial charge in [-0.3, -0.25) is 9.79 Å². The Hall–Kier alpha value is -0.710. The SMILES string of the molecule is CC(C)C1CN=C(NCC(C)(C)C(N)=O)S1. The molecular formula is C11H21N3OS. The molecule has 1 rings (SSSR count). The fraction of sp³-hybridized carbons (Fsp3) is 0.818. The molecule has 0 aromatic carbocycles. The van der Waals surface area contributed by atoms with Gasteiger partial charge in [-0.15, -0.1) is 0 Å². The fourth-order valence-electron chi connectivity index (χ4n) is 1.22. The maximum absolute atomic E-state index is 11.1. The van der Waals surface area contributed by atoms with Crippen molar-refractivity contribution in [3.05, 3.63) is 0 Å². The Kier molecular flexibility index (Phi) is 4.24. The predicted molar refractivity (Wildman–Crippen MR) is 69.5 cm³/mol. The molecule has 0 spiro atoms. The molecule has 16 heavy (non-hydrogen) atoms. The molecule has 1 amide bonds. The molecule has 0 aliphatic carbocycles. The van der Waals surface area contributed by atoms with Gasteiger partial charge in [-0.25, -0.2) is 0 Å². The maximum Gasteiger partial charge on any atom is 0.224 e. The minimum atomic E-state index is -0.529. The van der Waals surface area contributed by atoms with E-state index in [1.54, 1.807) is 11.8 Å². The molecule has 4 nitrogen and oxygen atoms in total. The van der Waals surface area contributed by atoms with Gasteiger partial charge in [0.25, 0.3) is 0 Å². The number of primary amides is 1. The van der Waals surface area contributed by atoms with Crippen LogP contribution in [0.2, 0.25) is 0 Å². The number of carbonyl (C=O) groups is 1. The standard InChI is InChI=1S/C11H21N3OS/c1-7(2)8-5-13-10(16-8)14-6-11(3,4)9(12)15/h7-8H,5-6H2,1-4H3,(H2,12,15)(H,13,14). The minimum Gasteiger partial charge on any atom is -0.369 e. The molecule has 0 saturated carbocycles. The Labute approximate surface area is 101 Å². The van der Waals surface area contributed by atoms with Crippen LogP contribution >= 0.6 is 11.8 Å². The molecule has 0 aromatic rings. The van der Waals surface area contributed by atoms with Crippen LogP contribution in [0.3, 0.4) is 0 Å². The van der Waals surface area contributed by atoms with Crippen molar-refractivity contribution in [2.75, 3.05) is 13.1 Å². The van der Waals surface area contributed by atoms with Crippen molar-refractivity contribution in [3.63, 3.8) is 0 Å². The lowest BCUT2D eigenvalue weighted by atomic mass is 9.93. The highest BCUT2D eigenvalue weighted by atomic mass is 32.2. The zero-order valence-corrected chi connectivity index (χ0v) is 11.2. The molecule has 5 heteroatoms. The van der Waals surface area contributed by atoms with Crippen molar-refractivity contribution in [3.8, 4) is 0 Å². The van der Waals surface area contributed by atoms with E-state index < -0.39 is 5.41 Å². The van der Waals surface area contributed by atoms with E-state index in [0.29, 0.717) is 17.7 Å². The van der Waals surface area contributed by atoms with Crippen molar-refractivity contribution in [1.82, 2.24) is 5.32 Å². The fourth-order valence-corrected chi connectivity index (χ4v) is 2.23. The van der Waals surface area contributed by atoms with E-state index in [1.807, 2.05) is 13.8 Å². The topological polar surface area (TPSA) is 67.5 Å². The molecular weight excluding hydrogens is 222 g/mol. The van der Waals surface area contributed by atoms with Gasteiger partial charge in [-0.1, -0.05) is 25.6 Å². The lowest BCUT2D eigenvalue weighted by Crippen LogP contribution is -2.41. The van der Waals surface area contributed by atoms with Crippen LogP contribution in [0.1, 0.15) is 27.7 Å². The number of hydrogen-bond acceptors (Lipinski definition) is 4. The first-order valence-electron chi connectivity index (χ1n) is 5.58. The number of nitrogens with zero attached hydrogens (tertiary/aromatic N) is 1. The highest BCUT2D eigenvalue weighted by Gasteiger charge is 2.27. The van der Waals surface area contributed by atoms with Crippen LogP contribution in [0.5, 0.6) is 0 Å². The number of thioether (sulfide) groups is 1. The molecule has 1 unspecified atom stereocenters. The van der Waals surface area contributed by atoms with Gasteiger partial charge in [0.1, 0.15) is 0 Å². The Morgan fingerprint density at radius 3 is 2.75 bits per heavy atom.